The van der Waals surface area contributed by atoms with Crippen molar-refractivity contribution < 1.29 is 43.9 Å². The van der Waals surface area contributed by atoms with E-state index < -0.39 is 17.9 Å². The van der Waals surface area contributed by atoms with E-state index in [2.05, 4.69) is 83.1 Å². The molecule has 4 rings (SSSR count). The van der Waals surface area contributed by atoms with Crippen molar-refractivity contribution in [2.45, 2.75) is 199 Å². The SMILES string of the molecule is CCc1c(Cc2cc(C(=O)O)ccc2OCC[C@H](C)CCCC(C)C)c(CC)c(Cc2cc(C(=O)O)ccc2OCC[C@H](C)CCCC(C)C)c(CC)c1Cc1cc(C(=O)O)ccc1OCC[C@H](C)CCCC(C)C. The fourth-order valence-electron chi connectivity index (χ4n) is 10.7. The topological polar surface area (TPSA) is 140 Å². The van der Waals surface area contributed by atoms with Crippen molar-refractivity contribution in [3.8, 4) is 17.2 Å². The minimum atomic E-state index is -1.01. The smallest absolute Gasteiger partial charge is 0.335 e. The molecule has 4 aromatic carbocycles. The molecule has 9 heteroatoms. The highest BCUT2D eigenvalue weighted by Gasteiger charge is 2.26. The monoisotopic (exact) mass is 1030 g/mol. The van der Waals surface area contributed by atoms with Crippen molar-refractivity contribution >= 4 is 17.9 Å². The molecule has 0 bridgehead atoms. The number of ether oxygens (including phenoxy) is 3. The molecule has 3 atom stereocenters. The Bertz CT molecular complexity index is 2140. The molecule has 0 fully saturated rings. The maximum absolute atomic E-state index is 12.6. The molecule has 0 amide bonds. The lowest BCUT2D eigenvalue weighted by Gasteiger charge is -2.28. The van der Waals surface area contributed by atoms with E-state index in [0.717, 1.165) is 88.6 Å². The molecular formula is C66H96O9. The van der Waals surface area contributed by atoms with Gasteiger partial charge in [-0.25, -0.2) is 14.4 Å². The summed E-state index contributed by atoms with van der Waals surface area (Å²) in [6, 6.07) is 15.6. The van der Waals surface area contributed by atoms with E-state index in [1.54, 1.807) is 54.6 Å². The number of carbonyl (C=O) groups is 3. The van der Waals surface area contributed by atoms with Crippen molar-refractivity contribution in [2.75, 3.05) is 19.8 Å². The van der Waals surface area contributed by atoms with Crippen LogP contribution >= 0.6 is 0 Å². The van der Waals surface area contributed by atoms with Gasteiger partial charge in [0.05, 0.1) is 36.5 Å². The third-order valence-corrected chi connectivity index (χ3v) is 15.3. The van der Waals surface area contributed by atoms with E-state index in [1.807, 2.05) is 0 Å². The lowest BCUT2D eigenvalue weighted by Crippen LogP contribution is -2.16. The average Bonchev–Trinajstić information content (AvgIpc) is 3.35. The summed E-state index contributed by atoms with van der Waals surface area (Å²) in [5.74, 6) is 2.38. The van der Waals surface area contributed by atoms with Crippen LogP contribution in [0.15, 0.2) is 54.6 Å². The molecule has 0 aliphatic heterocycles. The summed E-state index contributed by atoms with van der Waals surface area (Å²) in [6.07, 6.45) is 16.3. The molecule has 75 heavy (non-hydrogen) atoms. The van der Waals surface area contributed by atoms with Crippen LogP contribution in [0.5, 0.6) is 17.2 Å². The van der Waals surface area contributed by atoms with Crippen molar-refractivity contribution in [2.24, 2.45) is 35.5 Å². The summed E-state index contributed by atoms with van der Waals surface area (Å²) in [7, 11) is 0. The van der Waals surface area contributed by atoms with Crippen molar-refractivity contribution in [3.63, 3.8) is 0 Å². The fourth-order valence-corrected chi connectivity index (χ4v) is 10.7. The van der Waals surface area contributed by atoms with Crippen LogP contribution in [0, 0.1) is 35.5 Å². The second kappa shape index (κ2) is 31.7. The number of hydrogen-bond acceptors (Lipinski definition) is 6. The van der Waals surface area contributed by atoms with Crippen LogP contribution < -0.4 is 14.2 Å². The minimum Gasteiger partial charge on any atom is -0.493 e. The predicted molar refractivity (Wildman–Crippen MR) is 307 cm³/mol. The lowest BCUT2D eigenvalue weighted by atomic mass is 9.77. The Morgan fingerprint density at radius 3 is 0.840 bits per heavy atom. The van der Waals surface area contributed by atoms with E-state index in [0.29, 0.717) is 111 Å². The summed E-state index contributed by atoms with van der Waals surface area (Å²) in [4.78, 5) is 37.9. The van der Waals surface area contributed by atoms with Gasteiger partial charge in [0, 0.05) is 19.3 Å². The van der Waals surface area contributed by atoms with Crippen LogP contribution in [0.3, 0.4) is 0 Å². The normalized spacial score (nSPS) is 12.8. The van der Waals surface area contributed by atoms with Gasteiger partial charge in [0.25, 0.3) is 0 Å². The highest BCUT2D eigenvalue weighted by atomic mass is 16.5. The molecule has 9 nitrogen and oxygen atoms in total. The molecule has 414 valence electrons. The van der Waals surface area contributed by atoms with Gasteiger partial charge in [0.1, 0.15) is 17.2 Å². The third kappa shape index (κ3) is 20.0. The van der Waals surface area contributed by atoms with Gasteiger partial charge in [0.15, 0.2) is 0 Å². The molecule has 0 radical (unpaired) electrons. The molecule has 0 heterocycles. The molecule has 0 aliphatic rings. The van der Waals surface area contributed by atoms with Gasteiger partial charge in [-0.1, -0.05) is 141 Å². The Morgan fingerprint density at radius 2 is 0.627 bits per heavy atom. The fraction of sp³-hybridized carbons (Fsp3) is 0.591. The van der Waals surface area contributed by atoms with Crippen LogP contribution in [-0.2, 0) is 38.5 Å². The summed E-state index contributed by atoms with van der Waals surface area (Å²) >= 11 is 0. The van der Waals surface area contributed by atoms with Crippen molar-refractivity contribution in [1.29, 1.82) is 0 Å². The summed E-state index contributed by atoms with van der Waals surface area (Å²) < 4.78 is 19.9. The van der Waals surface area contributed by atoms with E-state index in [4.69, 9.17) is 14.2 Å². The Kier molecular flexibility index (Phi) is 26.3. The summed E-state index contributed by atoms with van der Waals surface area (Å²) in [5, 5.41) is 31.0. The van der Waals surface area contributed by atoms with Crippen LogP contribution in [0.2, 0.25) is 0 Å². The Morgan fingerprint density at radius 1 is 0.373 bits per heavy atom. The number of carboxylic acids is 3. The molecule has 4 aromatic rings. The molecule has 0 saturated carbocycles. The average molecular weight is 1030 g/mol. The zero-order chi connectivity index (χ0) is 55.2. The van der Waals surface area contributed by atoms with Crippen LogP contribution in [0.4, 0.5) is 0 Å². The van der Waals surface area contributed by atoms with Gasteiger partial charge < -0.3 is 29.5 Å². The maximum atomic E-state index is 12.6. The number of rotatable bonds is 36. The first-order chi connectivity index (χ1) is 35.8. The number of carboxylic acid groups (broad SMARTS) is 3. The predicted octanol–water partition coefficient (Wildman–Crippen LogP) is 16.9. The molecule has 0 unspecified atom stereocenters. The Balaban J connectivity index is 1.94. The molecular weight excluding hydrogens is 937 g/mol. The minimum absolute atomic E-state index is 0.184. The number of aromatic carboxylic acids is 3. The second-order valence-corrected chi connectivity index (χ2v) is 23.0. The van der Waals surface area contributed by atoms with Gasteiger partial charge in [0.2, 0.25) is 0 Å². The van der Waals surface area contributed by atoms with E-state index >= 15 is 0 Å². The number of benzene rings is 4. The van der Waals surface area contributed by atoms with E-state index in [-0.39, 0.29) is 16.7 Å². The van der Waals surface area contributed by atoms with Crippen molar-refractivity contribution in [3.05, 3.63) is 121 Å². The van der Waals surface area contributed by atoms with Crippen LogP contribution in [-0.4, -0.2) is 53.0 Å². The largest absolute Gasteiger partial charge is 0.493 e. The van der Waals surface area contributed by atoms with Gasteiger partial charge in [-0.3, -0.25) is 0 Å². The van der Waals surface area contributed by atoms with Gasteiger partial charge in [-0.15, -0.1) is 0 Å². The lowest BCUT2D eigenvalue weighted by molar-refractivity contribution is 0.0686. The Hall–Kier alpha value is -5.31. The first-order valence-electron chi connectivity index (χ1n) is 28.9. The first kappa shape index (κ1) is 62.2. The van der Waals surface area contributed by atoms with E-state index in [1.165, 1.54) is 38.5 Å². The zero-order valence-electron chi connectivity index (χ0n) is 48.3. The first-order valence-corrected chi connectivity index (χ1v) is 28.9. The Labute approximate surface area is 452 Å². The molecule has 0 spiro atoms. The maximum Gasteiger partial charge on any atom is 0.335 e. The van der Waals surface area contributed by atoms with Gasteiger partial charge in [-0.2, -0.15) is 0 Å². The van der Waals surface area contributed by atoms with Crippen LogP contribution in [0.25, 0.3) is 0 Å². The number of hydrogen-bond donors (Lipinski definition) is 3. The van der Waals surface area contributed by atoms with Crippen LogP contribution in [0.1, 0.15) is 241 Å². The molecule has 0 saturated heterocycles. The van der Waals surface area contributed by atoms with Crippen molar-refractivity contribution in [1.82, 2.24) is 0 Å². The highest BCUT2D eigenvalue weighted by molar-refractivity contribution is 5.89. The quantitative estimate of drug-likeness (QED) is 0.0406. The molecule has 3 N–H and O–H groups in total. The van der Waals surface area contributed by atoms with Gasteiger partial charge >= 0.3 is 17.9 Å². The third-order valence-electron chi connectivity index (χ3n) is 15.3. The van der Waals surface area contributed by atoms with E-state index in [9.17, 15) is 29.7 Å². The summed E-state index contributed by atoms with van der Waals surface area (Å²) in [5.41, 5.74) is 9.53. The highest BCUT2D eigenvalue weighted by Crippen LogP contribution is 2.39. The van der Waals surface area contributed by atoms with Gasteiger partial charge in [-0.05, 0) is 179 Å². The molecule has 0 aromatic heterocycles. The summed E-state index contributed by atoms with van der Waals surface area (Å²) in [6.45, 7) is 28.4. The standard InChI is InChI=1S/C66H96O9/c1-13-55-58(40-52-37-49(64(67)68)25-28-61(52)73-34-31-46(10)22-16-19-43(4)5)56(14-2)60(42-54-39-51(66(71)72)27-30-63(54)75-36-33-48(12)24-18-21-45(8)9)57(15-3)59(55)41-53-38-50(65(69)70)26-29-62(53)74-35-32-47(11)23-17-20-44(6)7/h25-30,37-39,43-48H,13-24,31-36,40-42H2,1-12H3,(H,67,68)(H,69,70)(H,71,72)/t46-,47-,48-/m1/s1. The zero-order valence-corrected chi connectivity index (χ0v) is 48.3. The second-order valence-electron chi connectivity index (χ2n) is 23.0. The molecule has 0 aliphatic carbocycles.